The third-order valence-electron chi connectivity index (χ3n) is 2.83. The number of halogens is 1. The molecule has 0 saturated carbocycles. The number of carboxylic acids is 1. The maximum atomic E-state index is 13.9. The number of aliphatic carboxylic acids is 1. The van der Waals surface area contributed by atoms with Crippen molar-refractivity contribution in [1.82, 2.24) is 0 Å². The van der Waals surface area contributed by atoms with Gasteiger partial charge in [0, 0.05) is 17.1 Å². The summed E-state index contributed by atoms with van der Waals surface area (Å²) in [6.45, 7) is 5.26. The molecule has 0 aliphatic heterocycles. The molecular formula is C14H17FO3. The zero-order valence-electron chi connectivity index (χ0n) is 11.0. The minimum atomic E-state index is -1.03. The van der Waals surface area contributed by atoms with Gasteiger partial charge < -0.3 is 9.84 Å². The highest BCUT2D eigenvalue weighted by atomic mass is 19.1. The number of rotatable bonds is 4. The Kier molecular flexibility index (Phi) is 4.11. The average Bonchev–Trinajstić information content (AvgIpc) is 2.29. The summed E-state index contributed by atoms with van der Waals surface area (Å²) in [5.74, 6) is -1.28. The Labute approximate surface area is 106 Å². The van der Waals surface area contributed by atoms with Gasteiger partial charge in [0.1, 0.15) is 0 Å². The average molecular weight is 252 g/mol. The van der Waals surface area contributed by atoms with E-state index in [4.69, 9.17) is 9.84 Å². The first-order valence-corrected chi connectivity index (χ1v) is 5.55. The van der Waals surface area contributed by atoms with Crippen molar-refractivity contribution in [3.8, 4) is 5.75 Å². The Morgan fingerprint density at radius 3 is 2.56 bits per heavy atom. The first-order chi connectivity index (χ1) is 8.29. The maximum Gasteiger partial charge on any atom is 0.328 e. The normalized spacial score (nSPS) is 11.8. The number of aryl methyl sites for hydroxylation is 1. The molecule has 1 aromatic rings. The van der Waals surface area contributed by atoms with Crippen LogP contribution in [0.2, 0.25) is 0 Å². The molecule has 0 amide bonds. The third-order valence-corrected chi connectivity index (χ3v) is 2.83. The van der Waals surface area contributed by atoms with Crippen LogP contribution in [0.4, 0.5) is 4.39 Å². The van der Waals surface area contributed by atoms with E-state index in [0.29, 0.717) is 11.1 Å². The maximum absolute atomic E-state index is 13.9. The molecule has 0 aromatic heterocycles. The van der Waals surface area contributed by atoms with Gasteiger partial charge in [-0.2, -0.15) is 0 Å². The van der Waals surface area contributed by atoms with Crippen LogP contribution in [0, 0.1) is 12.7 Å². The lowest BCUT2D eigenvalue weighted by Gasteiger charge is -2.24. The largest absolute Gasteiger partial charge is 0.493 e. The second-order valence-corrected chi connectivity index (χ2v) is 4.67. The van der Waals surface area contributed by atoms with Crippen molar-refractivity contribution in [2.24, 2.45) is 0 Å². The lowest BCUT2D eigenvalue weighted by molar-refractivity contribution is -0.131. The van der Waals surface area contributed by atoms with Gasteiger partial charge in [-0.3, -0.25) is 0 Å². The van der Waals surface area contributed by atoms with Crippen LogP contribution in [-0.2, 0) is 10.2 Å². The van der Waals surface area contributed by atoms with Crippen LogP contribution in [0.3, 0.4) is 0 Å². The van der Waals surface area contributed by atoms with Crippen molar-refractivity contribution in [2.75, 3.05) is 7.11 Å². The van der Waals surface area contributed by atoms with E-state index in [9.17, 15) is 9.18 Å². The summed E-state index contributed by atoms with van der Waals surface area (Å²) in [7, 11) is 1.40. The summed E-state index contributed by atoms with van der Waals surface area (Å²) in [4.78, 5) is 10.6. The molecule has 98 valence electrons. The van der Waals surface area contributed by atoms with Crippen LogP contribution in [0.5, 0.6) is 5.75 Å². The van der Waals surface area contributed by atoms with Crippen LogP contribution in [0.15, 0.2) is 24.3 Å². The summed E-state index contributed by atoms with van der Waals surface area (Å²) in [6, 6.07) is 3.41. The van der Waals surface area contributed by atoms with Gasteiger partial charge in [-0.1, -0.05) is 32.1 Å². The molecule has 1 rings (SSSR count). The highest BCUT2D eigenvalue weighted by Gasteiger charge is 2.24. The summed E-state index contributed by atoms with van der Waals surface area (Å²) in [6.07, 6.45) is 2.57. The van der Waals surface area contributed by atoms with Crippen LogP contribution >= 0.6 is 0 Å². The molecule has 3 nitrogen and oxygen atoms in total. The first kappa shape index (κ1) is 14.2. The molecule has 0 bridgehead atoms. The Bertz CT molecular complexity index is 490. The number of ether oxygens (including phenoxy) is 1. The molecule has 0 radical (unpaired) electrons. The minimum absolute atomic E-state index is 0.162. The van der Waals surface area contributed by atoms with Crippen LogP contribution in [-0.4, -0.2) is 18.2 Å². The molecule has 0 heterocycles. The van der Waals surface area contributed by atoms with Gasteiger partial charge in [-0.25, -0.2) is 9.18 Å². The molecule has 0 aliphatic rings. The molecule has 18 heavy (non-hydrogen) atoms. The summed E-state index contributed by atoms with van der Waals surface area (Å²) < 4.78 is 19.0. The SMILES string of the molecule is COc1c(C(C)(C)C=CC(=O)O)ccc(C)c1F. The van der Waals surface area contributed by atoms with E-state index >= 15 is 0 Å². The summed E-state index contributed by atoms with van der Waals surface area (Å²) >= 11 is 0. The summed E-state index contributed by atoms with van der Waals surface area (Å²) in [5.41, 5.74) is 0.484. The molecule has 0 spiro atoms. The number of benzene rings is 1. The highest BCUT2D eigenvalue weighted by molar-refractivity contribution is 5.80. The van der Waals surface area contributed by atoms with E-state index in [2.05, 4.69) is 0 Å². The quantitative estimate of drug-likeness (QED) is 0.838. The Hall–Kier alpha value is -1.84. The van der Waals surface area contributed by atoms with E-state index in [1.165, 1.54) is 13.2 Å². The fourth-order valence-electron chi connectivity index (χ4n) is 1.73. The number of methoxy groups -OCH3 is 1. The second kappa shape index (κ2) is 5.21. The Balaban J connectivity index is 3.32. The lowest BCUT2D eigenvalue weighted by atomic mass is 9.83. The first-order valence-electron chi connectivity index (χ1n) is 5.55. The molecule has 0 unspecified atom stereocenters. The zero-order valence-corrected chi connectivity index (χ0v) is 11.0. The molecule has 0 aliphatic carbocycles. The van der Waals surface area contributed by atoms with Crippen molar-refractivity contribution in [3.05, 3.63) is 41.2 Å². The van der Waals surface area contributed by atoms with Crippen molar-refractivity contribution < 1.29 is 19.0 Å². The smallest absolute Gasteiger partial charge is 0.328 e. The van der Waals surface area contributed by atoms with Gasteiger partial charge in [0.25, 0.3) is 0 Å². The van der Waals surface area contributed by atoms with Gasteiger partial charge in [0.05, 0.1) is 7.11 Å². The minimum Gasteiger partial charge on any atom is -0.493 e. The van der Waals surface area contributed by atoms with E-state index in [-0.39, 0.29) is 5.75 Å². The van der Waals surface area contributed by atoms with E-state index in [0.717, 1.165) is 6.08 Å². The molecule has 0 atom stereocenters. The van der Waals surface area contributed by atoms with E-state index in [1.54, 1.807) is 32.9 Å². The molecule has 0 fully saturated rings. The second-order valence-electron chi connectivity index (χ2n) is 4.67. The number of carboxylic acid groups (broad SMARTS) is 1. The zero-order chi connectivity index (χ0) is 13.9. The Morgan fingerprint density at radius 1 is 1.44 bits per heavy atom. The molecule has 1 N–H and O–H groups in total. The van der Waals surface area contributed by atoms with Crippen LogP contribution in [0.1, 0.15) is 25.0 Å². The van der Waals surface area contributed by atoms with Gasteiger partial charge in [0.2, 0.25) is 0 Å². The Morgan fingerprint density at radius 2 is 2.06 bits per heavy atom. The van der Waals surface area contributed by atoms with E-state index in [1.807, 2.05) is 0 Å². The summed E-state index contributed by atoms with van der Waals surface area (Å²) in [5, 5.41) is 8.66. The predicted octanol–water partition coefficient (Wildman–Crippen LogP) is 3.06. The fraction of sp³-hybridized carbons (Fsp3) is 0.357. The van der Waals surface area contributed by atoms with Crippen molar-refractivity contribution in [1.29, 1.82) is 0 Å². The molecule has 1 aromatic carbocycles. The lowest BCUT2D eigenvalue weighted by Crippen LogP contribution is -2.16. The fourth-order valence-corrected chi connectivity index (χ4v) is 1.73. The van der Waals surface area contributed by atoms with Crippen molar-refractivity contribution in [3.63, 3.8) is 0 Å². The molecule has 0 saturated heterocycles. The number of hydrogen-bond donors (Lipinski definition) is 1. The third kappa shape index (κ3) is 2.88. The van der Waals surface area contributed by atoms with E-state index < -0.39 is 17.2 Å². The van der Waals surface area contributed by atoms with Crippen LogP contribution < -0.4 is 4.74 Å². The molecule has 4 heteroatoms. The van der Waals surface area contributed by atoms with Crippen LogP contribution in [0.25, 0.3) is 0 Å². The predicted molar refractivity (Wildman–Crippen MR) is 67.5 cm³/mol. The number of carbonyl (C=O) groups is 1. The standard InChI is InChI=1S/C14H17FO3/c1-9-5-6-10(13(18-4)12(9)15)14(2,3)8-7-11(16)17/h5-8H,1-4H3,(H,16,17). The topological polar surface area (TPSA) is 46.5 Å². The van der Waals surface area contributed by atoms with Gasteiger partial charge in [-0.15, -0.1) is 0 Å². The number of allylic oxidation sites excluding steroid dienone is 1. The van der Waals surface area contributed by atoms with Gasteiger partial charge >= 0.3 is 5.97 Å². The molecular weight excluding hydrogens is 235 g/mol. The van der Waals surface area contributed by atoms with Crippen molar-refractivity contribution in [2.45, 2.75) is 26.2 Å². The number of hydrogen-bond acceptors (Lipinski definition) is 2. The highest BCUT2D eigenvalue weighted by Crippen LogP contribution is 2.35. The van der Waals surface area contributed by atoms with Crippen molar-refractivity contribution >= 4 is 5.97 Å². The van der Waals surface area contributed by atoms with Gasteiger partial charge in [0.15, 0.2) is 11.6 Å². The monoisotopic (exact) mass is 252 g/mol. The van der Waals surface area contributed by atoms with Gasteiger partial charge in [-0.05, 0) is 12.5 Å².